The third kappa shape index (κ3) is 6.46. The minimum atomic E-state index is -0.606. The van der Waals surface area contributed by atoms with E-state index in [9.17, 15) is 14.9 Å². The van der Waals surface area contributed by atoms with E-state index in [-0.39, 0.29) is 18.8 Å². The monoisotopic (exact) mass is 531 g/mol. The number of benzene rings is 2. The predicted octanol–water partition coefficient (Wildman–Crippen LogP) is 3.92. The first-order valence-corrected chi connectivity index (χ1v) is 10.1. The van der Waals surface area contributed by atoms with Gasteiger partial charge in [-0.1, -0.05) is 0 Å². The van der Waals surface area contributed by atoms with Gasteiger partial charge in [-0.3, -0.25) is 4.79 Å². The van der Waals surface area contributed by atoms with Gasteiger partial charge in [0.15, 0.2) is 18.1 Å². The van der Waals surface area contributed by atoms with Crippen LogP contribution in [-0.2, 0) is 9.53 Å². The number of nitrogens with zero attached hydrogens (tertiary/aromatic N) is 2. The van der Waals surface area contributed by atoms with Gasteiger partial charge in [0.05, 0.1) is 22.9 Å². The molecule has 0 atom stereocenters. The molecule has 0 fully saturated rings. The van der Waals surface area contributed by atoms with Crippen LogP contribution in [0.15, 0.2) is 42.0 Å². The summed E-state index contributed by atoms with van der Waals surface area (Å²) in [5.41, 5.74) is 1.20. The number of anilines is 1. The molecule has 0 heterocycles. The lowest BCUT2D eigenvalue weighted by Gasteiger charge is -2.12. The van der Waals surface area contributed by atoms with Crippen LogP contribution in [0.25, 0.3) is 6.08 Å². The first kappa shape index (κ1) is 23.7. The SMILES string of the molecule is CCOC(=O)c1ccc(NC(=O)/C(C#N)=C/c2cc(I)c(OCC#N)c(OC)c2)cc1. The third-order valence-electron chi connectivity index (χ3n) is 3.86. The van der Waals surface area contributed by atoms with Crippen LogP contribution in [0, 0.1) is 26.2 Å². The van der Waals surface area contributed by atoms with E-state index in [0.29, 0.717) is 31.9 Å². The van der Waals surface area contributed by atoms with Crippen molar-refractivity contribution >= 4 is 46.2 Å². The van der Waals surface area contributed by atoms with Gasteiger partial charge < -0.3 is 19.5 Å². The van der Waals surface area contributed by atoms with Crippen LogP contribution in [0.3, 0.4) is 0 Å². The van der Waals surface area contributed by atoms with Crippen molar-refractivity contribution in [2.75, 3.05) is 25.6 Å². The molecule has 0 aliphatic heterocycles. The van der Waals surface area contributed by atoms with Gasteiger partial charge in [0.2, 0.25) is 0 Å². The molecule has 1 N–H and O–H groups in total. The number of methoxy groups -OCH3 is 1. The summed E-state index contributed by atoms with van der Waals surface area (Å²) in [6.07, 6.45) is 1.42. The van der Waals surface area contributed by atoms with Crippen molar-refractivity contribution in [3.8, 4) is 23.6 Å². The second-order valence-electron chi connectivity index (χ2n) is 5.90. The lowest BCUT2D eigenvalue weighted by Crippen LogP contribution is -2.13. The van der Waals surface area contributed by atoms with E-state index in [0.717, 1.165) is 0 Å². The molecule has 1 amide bonds. The van der Waals surface area contributed by atoms with Crippen LogP contribution < -0.4 is 14.8 Å². The van der Waals surface area contributed by atoms with Gasteiger partial charge >= 0.3 is 5.97 Å². The first-order chi connectivity index (χ1) is 14.9. The molecule has 8 nitrogen and oxygen atoms in total. The maximum atomic E-state index is 12.5. The molecule has 9 heteroatoms. The highest BCUT2D eigenvalue weighted by Crippen LogP contribution is 2.34. The molecule has 158 valence electrons. The number of amides is 1. The highest BCUT2D eigenvalue weighted by Gasteiger charge is 2.14. The van der Waals surface area contributed by atoms with Crippen LogP contribution in [0.5, 0.6) is 11.5 Å². The zero-order chi connectivity index (χ0) is 22.8. The topological polar surface area (TPSA) is 121 Å². The summed E-state index contributed by atoms with van der Waals surface area (Å²) >= 11 is 2.02. The van der Waals surface area contributed by atoms with Crippen LogP contribution in [0.4, 0.5) is 5.69 Å². The van der Waals surface area contributed by atoms with Crippen molar-refractivity contribution in [3.63, 3.8) is 0 Å². The summed E-state index contributed by atoms with van der Waals surface area (Å²) in [5.74, 6) is -0.277. The summed E-state index contributed by atoms with van der Waals surface area (Å²) in [7, 11) is 1.45. The van der Waals surface area contributed by atoms with Gasteiger partial charge in [-0.2, -0.15) is 10.5 Å². The molecular weight excluding hydrogens is 513 g/mol. The minimum Gasteiger partial charge on any atom is -0.493 e. The van der Waals surface area contributed by atoms with Gasteiger partial charge in [-0.25, -0.2) is 4.79 Å². The standard InChI is InChI=1S/C22H18IN3O5/c1-3-30-22(28)15-4-6-17(7-5-15)26-21(27)16(13-25)10-14-11-18(23)20(31-9-8-24)19(12-14)29-2/h4-7,10-12H,3,9H2,1-2H3,(H,26,27)/b16-10+. The number of carbonyl (C=O) groups is 2. The molecule has 0 saturated carbocycles. The molecule has 2 aromatic rings. The van der Waals surface area contributed by atoms with Gasteiger partial charge in [-0.15, -0.1) is 0 Å². The molecule has 0 aliphatic rings. The molecule has 0 aromatic heterocycles. The van der Waals surface area contributed by atoms with Crippen LogP contribution in [0.1, 0.15) is 22.8 Å². The van der Waals surface area contributed by atoms with Gasteiger partial charge in [0.1, 0.15) is 17.7 Å². The van der Waals surface area contributed by atoms with Crippen molar-refractivity contribution in [2.24, 2.45) is 0 Å². The zero-order valence-electron chi connectivity index (χ0n) is 16.8. The van der Waals surface area contributed by atoms with Crippen LogP contribution in [-0.4, -0.2) is 32.2 Å². The fourth-order valence-corrected chi connectivity index (χ4v) is 3.27. The Hall–Kier alpha value is -3.57. The smallest absolute Gasteiger partial charge is 0.338 e. The summed E-state index contributed by atoms with van der Waals surface area (Å²) in [4.78, 5) is 24.2. The minimum absolute atomic E-state index is 0.127. The number of rotatable bonds is 8. The second-order valence-corrected chi connectivity index (χ2v) is 7.06. The number of carbonyl (C=O) groups excluding carboxylic acids is 2. The van der Waals surface area contributed by atoms with Crippen molar-refractivity contribution in [1.29, 1.82) is 10.5 Å². The van der Waals surface area contributed by atoms with E-state index < -0.39 is 11.9 Å². The van der Waals surface area contributed by atoms with E-state index in [1.54, 1.807) is 31.2 Å². The molecular formula is C22H18IN3O5. The number of hydrogen-bond donors (Lipinski definition) is 1. The molecule has 0 bridgehead atoms. The molecule has 2 rings (SSSR count). The normalized spacial score (nSPS) is 10.4. The van der Waals surface area contributed by atoms with Gasteiger partial charge in [0.25, 0.3) is 5.91 Å². The number of esters is 1. The molecule has 0 unspecified atom stereocenters. The van der Waals surface area contributed by atoms with E-state index in [2.05, 4.69) is 5.32 Å². The first-order valence-electron chi connectivity index (χ1n) is 9.01. The Kier molecular flexibility index (Phi) is 8.85. The second kappa shape index (κ2) is 11.6. The Morgan fingerprint density at radius 3 is 2.48 bits per heavy atom. The fourth-order valence-electron chi connectivity index (χ4n) is 2.49. The molecule has 0 aliphatic carbocycles. The molecule has 0 spiro atoms. The van der Waals surface area contributed by atoms with Crippen molar-refractivity contribution < 1.29 is 23.8 Å². The van der Waals surface area contributed by atoms with Gasteiger partial charge in [-0.05, 0) is 77.6 Å². The van der Waals surface area contributed by atoms with Crippen LogP contribution >= 0.6 is 22.6 Å². The highest BCUT2D eigenvalue weighted by molar-refractivity contribution is 14.1. The van der Waals surface area contributed by atoms with E-state index in [1.807, 2.05) is 34.7 Å². The third-order valence-corrected chi connectivity index (χ3v) is 4.66. The fraction of sp³-hybridized carbons (Fsp3) is 0.182. The number of nitrogens with one attached hydrogen (secondary N) is 1. The molecule has 0 saturated heterocycles. The summed E-state index contributed by atoms with van der Waals surface area (Å²) in [6.45, 7) is 1.84. The molecule has 31 heavy (non-hydrogen) atoms. The highest BCUT2D eigenvalue weighted by atomic mass is 127. The molecule has 0 radical (unpaired) electrons. The van der Waals surface area contributed by atoms with Crippen molar-refractivity contribution in [3.05, 3.63) is 56.7 Å². The largest absolute Gasteiger partial charge is 0.493 e. The summed E-state index contributed by atoms with van der Waals surface area (Å²) < 4.78 is 16.2. The van der Waals surface area contributed by atoms with Crippen molar-refractivity contribution in [1.82, 2.24) is 0 Å². The Morgan fingerprint density at radius 2 is 1.90 bits per heavy atom. The van der Waals surface area contributed by atoms with Crippen molar-refractivity contribution in [2.45, 2.75) is 6.92 Å². The lowest BCUT2D eigenvalue weighted by atomic mass is 10.1. The zero-order valence-corrected chi connectivity index (χ0v) is 18.9. The number of ether oxygens (including phenoxy) is 3. The van der Waals surface area contributed by atoms with E-state index in [4.69, 9.17) is 19.5 Å². The Bertz CT molecular complexity index is 1080. The Morgan fingerprint density at radius 1 is 1.19 bits per heavy atom. The molecule has 2 aromatic carbocycles. The number of halogens is 1. The Labute approximate surface area is 193 Å². The predicted molar refractivity (Wildman–Crippen MR) is 121 cm³/mol. The Balaban J connectivity index is 2.22. The van der Waals surface area contributed by atoms with E-state index >= 15 is 0 Å². The lowest BCUT2D eigenvalue weighted by molar-refractivity contribution is -0.112. The number of hydrogen-bond acceptors (Lipinski definition) is 7. The maximum absolute atomic E-state index is 12.5. The summed E-state index contributed by atoms with van der Waals surface area (Å²) in [6, 6.07) is 13.2. The summed E-state index contributed by atoms with van der Waals surface area (Å²) in [5, 5.41) is 20.8. The van der Waals surface area contributed by atoms with E-state index in [1.165, 1.54) is 25.3 Å². The van der Waals surface area contributed by atoms with Gasteiger partial charge in [0, 0.05) is 5.69 Å². The maximum Gasteiger partial charge on any atom is 0.338 e. The quantitative estimate of drug-likeness (QED) is 0.237. The average Bonchev–Trinajstić information content (AvgIpc) is 2.76. The number of nitriles is 2. The van der Waals surface area contributed by atoms with Crippen LogP contribution in [0.2, 0.25) is 0 Å². The average molecular weight is 531 g/mol.